The molecule has 5 unspecified atom stereocenters. The lowest BCUT2D eigenvalue weighted by atomic mass is 9.72. The molecule has 1 N–H and O–H groups in total. The van der Waals surface area contributed by atoms with Gasteiger partial charge in [0.1, 0.15) is 11.6 Å². The summed E-state index contributed by atoms with van der Waals surface area (Å²) in [6.07, 6.45) is 8.93. The number of ether oxygens (including phenoxy) is 2. The van der Waals surface area contributed by atoms with Gasteiger partial charge >= 0.3 is 0 Å². The SMILES string of the molecule is CCOCCCN1C(=O)C2C(c3ccc(C)cc3)C3C=CC2(O3)C1C(=O)NC1CCCC1. The van der Waals surface area contributed by atoms with Crippen molar-refractivity contribution < 1.29 is 19.1 Å². The van der Waals surface area contributed by atoms with E-state index < -0.39 is 11.6 Å². The quantitative estimate of drug-likeness (QED) is 0.500. The highest BCUT2D eigenvalue weighted by Crippen LogP contribution is 2.58. The summed E-state index contributed by atoms with van der Waals surface area (Å²) in [5, 5.41) is 3.25. The van der Waals surface area contributed by atoms with Gasteiger partial charge in [-0.1, -0.05) is 54.8 Å². The lowest BCUT2D eigenvalue weighted by Crippen LogP contribution is -2.56. The molecule has 2 amide bonds. The van der Waals surface area contributed by atoms with Gasteiger partial charge in [0.2, 0.25) is 11.8 Å². The molecule has 6 nitrogen and oxygen atoms in total. The highest BCUT2D eigenvalue weighted by molar-refractivity contribution is 5.97. The zero-order valence-electron chi connectivity index (χ0n) is 19.1. The Morgan fingerprint density at radius 2 is 2.00 bits per heavy atom. The first-order chi connectivity index (χ1) is 15.5. The van der Waals surface area contributed by atoms with E-state index in [2.05, 4.69) is 42.6 Å². The van der Waals surface area contributed by atoms with E-state index in [1.807, 2.05) is 13.0 Å². The third kappa shape index (κ3) is 3.48. The number of rotatable bonds is 8. The van der Waals surface area contributed by atoms with Gasteiger partial charge in [-0.3, -0.25) is 9.59 Å². The van der Waals surface area contributed by atoms with E-state index in [4.69, 9.17) is 9.47 Å². The first-order valence-corrected chi connectivity index (χ1v) is 12.2. The molecule has 0 radical (unpaired) electrons. The summed E-state index contributed by atoms with van der Waals surface area (Å²) >= 11 is 0. The van der Waals surface area contributed by atoms with Crippen LogP contribution in [0, 0.1) is 12.8 Å². The van der Waals surface area contributed by atoms with Crippen LogP contribution >= 0.6 is 0 Å². The minimum atomic E-state index is -0.883. The monoisotopic (exact) mass is 438 g/mol. The highest BCUT2D eigenvalue weighted by Gasteiger charge is 2.71. The Morgan fingerprint density at radius 3 is 2.72 bits per heavy atom. The Bertz CT molecular complexity index is 892. The molecule has 3 heterocycles. The predicted molar refractivity (Wildman–Crippen MR) is 121 cm³/mol. The fourth-order valence-corrected chi connectivity index (χ4v) is 6.21. The molecule has 6 heteroatoms. The fourth-order valence-electron chi connectivity index (χ4n) is 6.21. The van der Waals surface area contributed by atoms with Gasteiger partial charge in [0.05, 0.1) is 12.0 Å². The number of carbonyl (C=O) groups is 2. The molecule has 1 saturated carbocycles. The van der Waals surface area contributed by atoms with Crippen LogP contribution in [0.4, 0.5) is 0 Å². The summed E-state index contributed by atoms with van der Waals surface area (Å²) in [4.78, 5) is 29.2. The summed E-state index contributed by atoms with van der Waals surface area (Å²) in [6.45, 7) is 5.76. The van der Waals surface area contributed by atoms with E-state index in [0.717, 1.165) is 31.2 Å². The Morgan fingerprint density at radius 1 is 1.25 bits per heavy atom. The molecule has 3 aliphatic heterocycles. The van der Waals surface area contributed by atoms with Crippen LogP contribution in [0.2, 0.25) is 0 Å². The first kappa shape index (κ1) is 21.7. The zero-order valence-corrected chi connectivity index (χ0v) is 19.1. The fraction of sp³-hybridized carbons (Fsp3) is 0.615. The van der Waals surface area contributed by atoms with Gasteiger partial charge in [0.25, 0.3) is 0 Å². The number of hydrogen-bond acceptors (Lipinski definition) is 4. The minimum Gasteiger partial charge on any atom is -0.382 e. The number of nitrogens with zero attached hydrogens (tertiary/aromatic N) is 1. The Balaban J connectivity index is 1.46. The van der Waals surface area contributed by atoms with Gasteiger partial charge < -0.3 is 19.7 Å². The van der Waals surface area contributed by atoms with E-state index in [0.29, 0.717) is 26.2 Å². The molecule has 172 valence electrons. The molecule has 4 aliphatic rings. The molecule has 5 rings (SSSR count). The highest BCUT2D eigenvalue weighted by atomic mass is 16.5. The van der Waals surface area contributed by atoms with Crippen LogP contribution in [0.3, 0.4) is 0 Å². The summed E-state index contributed by atoms with van der Waals surface area (Å²) in [5.74, 6) is -0.470. The normalized spacial score (nSPS) is 33.3. The summed E-state index contributed by atoms with van der Waals surface area (Å²) in [5.41, 5.74) is 1.41. The van der Waals surface area contributed by atoms with E-state index >= 15 is 0 Å². The predicted octanol–water partition coefficient (Wildman–Crippen LogP) is 3.10. The molecule has 2 saturated heterocycles. The minimum absolute atomic E-state index is 0.0329. The third-order valence-electron chi connectivity index (χ3n) is 7.68. The summed E-state index contributed by atoms with van der Waals surface area (Å²) < 4.78 is 12.0. The maximum Gasteiger partial charge on any atom is 0.246 e. The maximum atomic E-state index is 13.8. The van der Waals surface area contributed by atoms with Crippen LogP contribution in [-0.4, -0.2) is 60.3 Å². The molecule has 3 fully saturated rings. The Labute approximate surface area is 190 Å². The van der Waals surface area contributed by atoms with E-state index in [1.54, 1.807) is 4.90 Å². The summed E-state index contributed by atoms with van der Waals surface area (Å²) in [6, 6.07) is 7.95. The van der Waals surface area contributed by atoms with E-state index in [1.165, 1.54) is 5.56 Å². The van der Waals surface area contributed by atoms with Crippen molar-refractivity contribution >= 4 is 11.8 Å². The second-order valence-corrected chi connectivity index (χ2v) is 9.68. The van der Waals surface area contributed by atoms with Crippen LogP contribution in [0.15, 0.2) is 36.4 Å². The average molecular weight is 439 g/mol. The second kappa shape index (κ2) is 8.64. The molecule has 1 aromatic rings. The van der Waals surface area contributed by atoms with Crippen LogP contribution < -0.4 is 5.32 Å². The van der Waals surface area contributed by atoms with Crippen molar-refractivity contribution in [1.82, 2.24) is 10.2 Å². The molecule has 32 heavy (non-hydrogen) atoms. The number of carbonyl (C=O) groups excluding carboxylic acids is 2. The molecule has 0 aromatic heterocycles. The molecular weight excluding hydrogens is 404 g/mol. The van der Waals surface area contributed by atoms with Crippen LogP contribution in [0.25, 0.3) is 0 Å². The van der Waals surface area contributed by atoms with E-state index in [9.17, 15) is 9.59 Å². The lowest BCUT2D eigenvalue weighted by molar-refractivity contribution is -0.139. The van der Waals surface area contributed by atoms with Crippen LogP contribution in [-0.2, 0) is 19.1 Å². The van der Waals surface area contributed by atoms with Crippen molar-refractivity contribution in [3.05, 3.63) is 47.5 Å². The van der Waals surface area contributed by atoms with Crippen molar-refractivity contribution in [2.75, 3.05) is 19.8 Å². The van der Waals surface area contributed by atoms with Gasteiger partial charge in [-0.25, -0.2) is 0 Å². The third-order valence-corrected chi connectivity index (χ3v) is 7.68. The molecule has 1 spiro atoms. The zero-order chi connectivity index (χ0) is 22.3. The van der Waals surface area contributed by atoms with Crippen molar-refractivity contribution in [2.45, 2.75) is 75.7 Å². The van der Waals surface area contributed by atoms with Crippen molar-refractivity contribution in [2.24, 2.45) is 5.92 Å². The van der Waals surface area contributed by atoms with Crippen LogP contribution in [0.5, 0.6) is 0 Å². The number of hydrogen-bond donors (Lipinski definition) is 1. The molecule has 1 aromatic carbocycles. The smallest absolute Gasteiger partial charge is 0.246 e. The molecular formula is C26H34N2O4. The maximum absolute atomic E-state index is 13.8. The van der Waals surface area contributed by atoms with Gasteiger partial charge in [-0.15, -0.1) is 0 Å². The number of fused-ring (bicyclic) bond motifs is 1. The molecule has 5 atom stereocenters. The Kier molecular flexibility index (Phi) is 5.84. The number of nitrogens with one attached hydrogen (secondary N) is 1. The lowest BCUT2D eigenvalue weighted by Gasteiger charge is -2.33. The van der Waals surface area contributed by atoms with Gasteiger partial charge in [0, 0.05) is 31.7 Å². The number of amides is 2. The van der Waals surface area contributed by atoms with Crippen molar-refractivity contribution in [1.29, 1.82) is 0 Å². The number of likely N-dealkylation sites (tertiary alicyclic amines) is 1. The van der Waals surface area contributed by atoms with Gasteiger partial charge in [-0.05, 0) is 38.7 Å². The van der Waals surface area contributed by atoms with Gasteiger partial charge in [0.15, 0.2) is 0 Å². The van der Waals surface area contributed by atoms with Gasteiger partial charge in [-0.2, -0.15) is 0 Å². The topological polar surface area (TPSA) is 67.9 Å². The average Bonchev–Trinajstić information content (AvgIpc) is 3.55. The second-order valence-electron chi connectivity index (χ2n) is 9.68. The van der Waals surface area contributed by atoms with Crippen molar-refractivity contribution in [3.8, 4) is 0 Å². The van der Waals surface area contributed by atoms with E-state index in [-0.39, 0.29) is 35.8 Å². The number of aryl methyl sites for hydroxylation is 1. The van der Waals surface area contributed by atoms with Crippen LogP contribution in [0.1, 0.15) is 56.1 Å². The number of benzene rings is 1. The summed E-state index contributed by atoms with van der Waals surface area (Å²) in [7, 11) is 0. The largest absolute Gasteiger partial charge is 0.382 e. The molecule has 1 aliphatic carbocycles. The first-order valence-electron chi connectivity index (χ1n) is 12.2. The Hall–Kier alpha value is -2.18. The van der Waals surface area contributed by atoms with Crippen molar-refractivity contribution in [3.63, 3.8) is 0 Å². The standard InChI is InChI=1S/C26H34N2O4/c1-3-31-16-6-15-28-23(24(29)27-19-7-4-5-8-19)26-14-13-20(32-26)21(22(26)25(28)30)18-11-9-17(2)10-12-18/h9-14,19-23H,3-8,15-16H2,1-2H3,(H,27,29). The molecule has 2 bridgehead atoms.